The van der Waals surface area contributed by atoms with Crippen molar-refractivity contribution in [1.82, 2.24) is 0 Å². The number of rotatable bonds is 4. The molecule has 0 aliphatic rings. The number of alkyl halides is 1. The normalized spacial score (nSPS) is 12.5. The van der Waals surface area contributed by atoms with Crippen LogP contribution in [0.2, 0.25) is 0 Å². The van der Waals surface area contributed by atoms with Crippen LogP contribution in [0.4, 0.5) is 0 Å². The van der Waals surface area contributed by atoms with Crippen LogP contribution in [0, 0.1) is 13.8 Å². The Morgan fingerprint density at radius 1 is 1.53 bits per heavy atom. The lowest BCUT2D eigenvalue weighted by Crippen LogP contribution is -2.17. The van der Waals surface area contributed by atoms with Crippen molar-refractivity contribution in [3.8, 4) is 0 Å². The summed E-state index contributed by atoms with van der Waals surface area (Å²) in [6.07, 6.45) is -0.185. The number of hydrogen-bond donors (Lipinski definition) is 1. The summed E-state index contributed by atoms with van der Waals surface area (Å²) in [6, 6.07) is 1.93. The molecule has 3 nitrogen and oxygen atoms in total. The largest absolute Gasteiger partial charge is 0.481 e. The van der Waals surface area contributed by atoms with Crippen molar-refractivity contribution in [2.45, 2.75) is 25.1 Å². The number of ketones is 1. The smallest absolute Gasteiger partial charge is 0.304 e. The van der Waals surface area contributed by atoms with Crippen molar-refractivity contribution in [3.63, 3.8) is 0 Å². The highest BCUT2D eigenvalue weighted by Crippen LogP contribution is 2.25. The summed E-state index contributed by atoms with van der Waals surface area (Å²) in [7, 11) is 0. The van der Waals surface area contributed by atoms with E-state index >= 15 is 0 Å². The van der Waals surface area contributed by atoms with Gasteiger partial charge in [0.25, 0.3) is 0 Å². The number of halogens is 1. The summed E-state index contributed by atoms with van der Waals surface area (Å²) in [4.78, 5) is 23.3. The van der Waals surface area contributed by atoms with E-state index in [0.717, 1.165) is 10.4 Å². The van der Waals surface area contributed by atoms with Crippen LogP contribution >= 0.6 is 27.3 Å². The zero-order valence-electron chi connectivity index (χ0n) is 8.41. The van der Waals surface area contributed by atoms with Gasteiger partial charge in [-0.25, -0.2) is 0 Å². The molecule has 1 heterocycles. The molecule has 1 atom stereocenters. The van der Waals surface area contributed by atoms with E-state index in [9.17, 15) is 9.59 Å². The zero-order chi connectivity index (χ0) is 11.6. The van der Waals surface area contributed by atoms with Crippen molar-refractivity contribution in [3.05, 3.63) is 21.4 Å². The van der Waals surface area contributed by atoms with Crippen molar-refractivity contribution in [1.29, 1.82) is 0 Å². The molecule has 0 aliphatic heterocycles. The lowest BCUT2D eigenvalue weighted by Gasteiger charge is -2.04. The summed E-state index contributed by atoms with van der Waals surface area (Å²) < 4.78 is 0. The molecule has 5 heteroatoms. The monoisotopic (exact) mass is 290 g/mol. The van der Waals surface area contributed by atoms with E-state index in [4.69, 9.17) is 5.11 Å². The standard InChI is InChI=1S/C10H11BrO3S/c1-5-3-6(2)15-10(5)9(14)7(11)4-8(12)13/h3,7H,4H2,1-2H3,(H,12,13). The minimum Gasteiger partial charge on any atom is -0.481 e. The Morgan fingerprint density at radius 3 is 2.53 bits per heavy atom. The molecule has 82 valence electrons. The summed E-state index contributed by atoms with van der Waals surface area (Å²) in [5.74, 6) is -1.12. The Morgan fingerprint density at radius 2 is 2.13 bits per heavy atom. The number of carbonyl (C=O) groups is 2. The van der Waals surface area contributed by atoms with Gasteiger partial charge in [0.15, 0.2) is 5.78 Å². The van der Waals surface area contributed by atoms with Crippen LogP contribution in [0.15, 0.2) is 6.07 Å². The number of thiophene rings is 1. The van der Waals surface area contributed by atoms with Gasteiger partial charge in [0, 0.05) is 4.88 Å². The first-order valence-corrected chi connectivity index (χ1v) is 6.12. The van der Waals surface area contributed by atoms with Gasteiger partial charge in [-0.3, -0.25) is 9.59 Å². The molecule has 1 aromatic heterocycles. The van der Waals surface area contributed by atoms with Crippen LogP contribution in [0.3, 0.4) is 0 Å². The number of carbonyl (C=O) groups excluding carboxylic acids is 1. The van der Waals surface area contributed by atoms with Gasteiger partial charge in [-0.1, -0.05) is 15.9 Å². The first-order chi connectivity index (χ1) is 6.91. The molecule has 1 N–H and O–H groups in total. The predicted octanol–water partition coefficient (Wildman–Crippen LogP) is 2.79. The van der Waals surface area contributed by atoms with E-state index in [1.165, 1.54) is 11.3 Å². The molecule has 0 bridgehead atoms. The number of aliphatic carboxylic acids is 1. The molecule has 0 saturated heterocycles. The third-order valence-corrected chi connectivity index (χ3v) is 3.81. The quantitative estimate of drug-likeness (QED) is 0.685. The fourth-order valence-electron chi connectivity index (χ4n) is 1.27. The Kier molecular flexibility index (Phi) is 4.04. The Balaban J connectivity index is 2.84. The third-order valence-electron chi connectivity index (χ3n) is 1.90. The molecule has 15 heavy (non-hydrogen) atoms. The fourth-order valence-corrected chi connectivity index (χ4v) is 2.95. The van der Waals surface area contributed by atoms with Crippen molar-refractivity contribution < 1.29 is 14.7 Å². The van der Waals surface area contributed by atoms with Gasteiger partial charge < -0.3 is 5.11 Å². The molecule has 0 spiro atoms. The molecule has 0 fully saturated rings. The highest BCUT2D eigenvalue weighted by molar-refractivity contribution is 9.10. The number of carboxylic acid groups (broad SMARTS) is 1. The van der Waals surface area contributed by atoms with Crippen molar-refractivity contribution in [2.24, 2.45) is 0 Å². The first kappa shape index (κ1) is 12.4. The third kappa shape index (κ3) is 3.14. The average Bonchev–Trinajstić information content (AvgIpc) is 2.42. The molecule has 0 amide bonds. The van der Waals surface area contributed by atoms with E-state index in [1.807, 2.05) is 19.9 Å². The lowest BCUT2D eigenvalue weighted by molar-refractivity contribution is -0.136. The van der Waals surface area contributed by atoms with E-state index < -0.39 is 10.8 Å². The van der Waals surface area contributed by atoms with Gasteiger partial charge in [0.05, 0.1) is 16.1 Å². The van der Waals surface area contributed by atoms with Gasteiger partial charge in [0.1, 0.15) is 0 Å². The molecular formula is C10H11BrO3S. The second-order valence-corrected chi connectivity index (χ2v) is 5.66. The van der Waals surface area contributed by atoms with E-state index in [-0.39, 0.29) is 12.2 Å². The molecular weight excluding hydrogens is 280 g/mol. The van der Waals surface area contributed by atoms with Crippen LogP contribution in [-0.4, -0.2) is 21.7 Å². The SMILES string of the molecule is Cc1cc(C)c(C(=O)C(Br)CC(=O)O)s1. The average molecular weight is 291 g/mol. The summed E-state index contributed by atoms with van der Waals surface area (Å²) in [5, 5.41) is 8.58. The molecule has 1 unspecified atom stereocenters. The number of aryl methyl sites for hydroxylation is 2. The fraction of sp³-hybridized carbons (Fsp3) is 0.400. The number of hydrogen-bond acceptors (Lipinski definition) is 3. The maximum absolute atomic E-state index is 11.8. The summed E-state index contributed by atoms with van der Waals surface area (Å²) in [6.45, 7) is 3.78. The maximum atomic E-state index is 11.8. The minimum atomic E-state index is -0.976. The predicted molar refractivity (Wildman–Crippen MR) is 63.1 cm³/mol. The Bertz CT molecular complexity index is 397. The van der Waals surface area contributed by atoms with Gasteiger partial charge in [-0.2, -0.15) is 0 Å². The van der Waals surface area contributed by atoms with E-state index in [0.29, 0.717) is 4.88 Å². The van der Waals surface area contributed by atoms with Crippen LogP contribution in [0.25, 0.3) is 0 Å². The maximum Gasteiger partial charge on any atom is 0.304 e. The van der Waals surface area contributed by atoms with Gasteiger partial charge in [-0.15, -0.1) is 11.3 Å². The highest BCUT2D eigenvalue weighted by Gasteiger charge is 2.22. The molecule has 1 rings (SSSR count). The van der Waals surface area contributed by atoms with Gasteiger partial charge in [-0.05, 0) is 25.5 Å². The van der Waals surface area contributed by atoms with Crippen LogP contribution in [0.1, 0.15) is 26.5 Å². The minimum absolute atomic E-state index is 0.145. The highest BCUT2D eigenvalue weighted by atomic mass is 79.9. The first-order valence-electron chi connectivity index (χ1n) is 4.39. The van der Waals surface area contributed by atoms with Crippen molar-refractivity contribution >= 4 is 39.0 Å². The van der Waals surface area contributed by atoms with Crippen LogP contribution in [0.5, 0.6) is 0 Å². The second kappa shape index (κ2) is 4.90. The Labute approximate surface area is 100 Å². The summed E-state index contributed by atoms with van der Waals surface area (Å²) in [5.41, 5.74) is 0.914. The van der Waals surface area contributed by atoms with Crippen LogP contribution < -0.4 is 0 Å². The van der Waals surface area contributed by atoms with Gasteiger partial charge in [0.2, 0.25) is 0 Å². The van der Waals surface area contributed by atoms with Gasteiger partial charge >= 0.3 is 5.97 Å². The molecule has 0 radical (unpaired) electrons. The lowest BCUT2D eigenvalue weighted by atomic mass is 10.1. The molecule has 1 aromatic rings. The Hall–Kier alpha value is -0.680. The van der Waals surface area contributed by atoms with Crippen LogP contribution in [-0.2, 0) is 4.79 Å². The summed E-state index contributed by atoms with van der Waals surface area (Å²) >= 11 is 4.51. The topological polar surface area (TPSA) is 54.4 Å². The van der Waals surface area contributed by atoms with E-state index in [1.54, 1.807) is 0 Å². The number of Topliss-reactive ketones (excluding diaryl/α,β-unsaturated/α-hetero) is 1. The second-order valence-electron chi connectivity index (χ2n) is 3.30. The van der Waals surface area contributed by atoms with E-state index in [2.05, 4.69) is 15.9 Å². The zero-order valence-corrected chi connectivity index (χ0v) is 10.8. The molecule has 0 saturated carbocycles. The molecule has 0 aliphatic carbocycles. The number of carboxylic acids is 1. The van der Waals surface area contributed by atoms with Crippen molar-refractivity contribution in [2.75, 3.05) is 0 Å². The molecule has 0 aromatic carbocycles.